The van der Waals surface area contributed by atoms with E-state index in [1.54, 1.807) is 31.4 Å². The molecular weight excluding hydrogens is 328 g/mol. The van der Waals surface area contributed by atoms with Gasteiger partial charge in [-0.2, -0.15) is 5.10 Å². The van der Waals surface area contributed by atoms with Crippen molar-refractivity contribution in [2.45, 2.75) is 5.03 Å². The van der Waals surface area contributed by atoms with Gasteiger partial charge in [-0.3, -0.25) is 5.10 Å². The molecule has 0 radical (unpaired) electrons. The van der Waals surface area contributed by atoms with Gasteiger partial charge in [0.15, 0.2) is 5.03 Å². The molecule has 0 amide bonds. The van der Waals surface area contributed by atoms with Gasteiger partial charge in [-0.25, -0.2) is 8.42 Å². The van der Waals surface area contributed by atoms with Crippen LogP contribution in [0, 0.1) is 0 Å². The van der Waals surface area contributed by atoms with E-state index in [0.29, 0.717) is 11.3 Å². The summed E-state index contributed by atoms with van der Waals surface area (Å²) in [7, 11) is -0.669. The number of aromatic nitrogens is 2. The highest BCUT2D eigenvalue weighted by molar-refractivity contribution is 7.91. The van der Waals surface area contributed by atoms with Crippen LogP contribution in [0.4, 0.5) is 0 Å². The van der Waals surface area contributed by atoms with E-state index >= 15 is 0 Å². The minimum absolute atomic E-state index is 0.0632. The molecule has 1 aromatic carbocycles. The summed E-state index contributed by atoms with van der Waals surface area (Å²) in [5.41, 5.74) is 0.629. The molecule has 0 bridgehead atoms. The number of rotatable bonds is 6. The van der Waals surface area contributed by atoms with E-state index in [9.17, 15) is 8.42 Å². The maximum atomic E-state index is 12.2. The van der Waals surface area contributed by atoms with Gasteiger partial charge >= 0.3 is 0 Å². The van der Waals surface area contributed by atoms with Crippen molar-refractivity contribution in [3.8, 4) is 5.75 Å². The second-order valence-corrected chi connectivity index (χ2v) is 6.73. The van der Waals surface area contributed by atoms with Gasteiger partial charge in [-0.05, 0) is 18.2 Å². The van der Waals surface area contributed by atoms with Crippen molar-refractivity contribution in [2.24, 2.45) is 0 Å². The molecule has 0 unspecified atom stereocenters. The Balaban J connectivity index is 2.37. The molecule has 1 aromatic heterocycles. The van der Waals surface area contributed by atoms with Gasteiger partial charge in [0.1, 0.15) is 11.5 Å². The molecule has 8 heteroatoms. The quantitative estimate of drug-likeness (QED) is 0.815. The highest BCUT2D eigenvalue weighted by Gasteiger charge is 2.21. The van der Waals surface area contributed by atoms with Crippen LogP contribution >= 0.6 is 11.6 Å². The second-order valence-electron chi connectivity index (χ2n) is 4.34. The van der Waals surface area contributed by atoms with E-state index in [0.717, 1.165) is 0 Å². The summed E-state index contributed by atoms with van der Waals surface area (Å²) in [6.07, 6.45) is 1.43. The highest BCUT2D eigenvalue weighted by atomic mass is 35.5. The molecule has 1 heterocycles. The fraction of sp³-hybridized carbons (Fsp3) is 0.214. The summed E-state index contributed by atoms with van der Waals surface area (Å²) in [5, 5.41) is 6.14. The van der Waals surface area contributed by atoms with Gasteiger partial charge in [0.25, 0.3) is 0 Å². The largest absolute Gasteiger partial charge is 0.497 e. The Labute approximate surface area is 133 Å². The number of halogens is 1. The molecule has 118 valence electrons. The first kappa shape index (κ1) is 16.4. The van der Waals surface area contributed by atoms with Gasteiger partial charge in [-0.1, -0.05) is 23.7 Å². The van der Waals surface area contributed by atoms with Gasteiger partial charge in [0, 0.05) is 11.8 Å². The van der Waals surface area contributed by atoms with Crippen LogP contribution in [0.5, 0.6) is 5.75 Å². The van der Waals surface area contributed by atoms with Crippen molar-refractivity contribution in [1.82, 2.24) is 10.2 Å². The molecule has 0 fully saturated rings. The molecule has 1 N–H and O–H groups in total. The topological polar surface area (TPSA) is 81.3 Å². The summed E-state index contributed by atoms with van der Waals surface area (Å²) < 4.78 is 34.8. The number of nitrogens with zero attached hydrogens (tertiary/aromatic N) is 1. The first-order valence-corrected chi connectivity index (χ1v) is 8.30. The van der Waals surface area contributed by atoms with Crippen molar-refractivity contribution in [3.63, 3.8) is 0 Å². The number of H-pyrrole nitrogens is 1. The van der Waals surface area contributed by atoms with E-state index in [2.05, 4.69) is 10.2 Å². The number of methoxy groups -OCH3 is 2. The van der Waals surface area contributed by atoms with Crippen LogP contribution in [0.2, 0.25) is 0 Å². The van der Waals surface area contributed by atoms with Crippen LogP contribution in [0.25, 0.3) is 5.76 Å². The Hall–Kier alpha value is -1.99. The molecule has 0 aliphatic rings. The molecule has 6 nitrogen and oxygen atoms in total. The summed E-state index contributed by atoms with van der Waals surface area (Å²) in [4.78, 5) is 0. The standard InChI is InChI=1S/C14H15ClN2O4S/c1-20-11-5-3-4-10(8-11)14(21-2)12(15)9-22(18,19)13-6-7-16-17-13/h3-8H,9H2,1-2H3,(H,16,17). The lowest BCUT2D eigenvalue weighted by atomic mass is 10.1. The third-order valence-corrected chi connectivity index (χ3v) is 4.89. The Morgan fingerprint density at radius 2 is 2.09 bits per heavy atom. The first-order valence-electron chi connectivity index (χ1n) is 6.27. The molecule has 2 aromatic rings. The molecule has 2 rings (SSSR count). The van der Waals surface area contributed by atoms with Gasteiger partial charge in [0.2, 0.25) is 9.84 Å². The number of ether oxygens (including phenoxy) is 2. The lowest BCUT2D eigenvalue weighted by Gasteiger charge is -2.11. The molecule has 0 saturated carbocycles. The van der Waals surface area contributed by atoms with Crippen LogP contribution in [0.15, 0.2) is 46.6 Å². The van der Waals surface area contributed by atoms with E-state index in [1.165, 1.54) is 19.4 Å². The SMILES string of the molecule is COC(=C(Cl)CS(=O)(=O)c1cc[nH]n1)c1cccc(OC)c1. The Morgan fingerprint density at radius 1 is 1.32 bits per heavy atom. The van der Waals surface area contributed by atoms with Crippen molar-refractivity contribution in [1.29, 1.82) is 0 Å². The number of sulfone groups is 1. The molecule has 0 saturated heterocycles. The zero-order valence-electron chi connectivity index (χ0n) is 12.0. The van der Waals surface area contributed by atoms with E-state index in [4.69, 9.17) is 21.1 Å². The lowest BCUT2D eigenvalue weighted by molar-refractivity contribution is 0.367. The monoisotopic (exact) mass is 342 g/mol. The number of nitrogens with one attached hydrogen (secondary N) is 1. The van der Waals surface area contributed by atoms with Gasteiger partial charge < -0.3 is 9.47 Å². The third kappa shape index (κ3) is 3.61. The number of aromatic amines is 1. The predicted octanol–water partition coefficient (Wildman–Crippen LogP) is 2.45. The van der Waals surface area contributed by atoms with Gasteiger partial charge in [-0.15, -0.1) is 0 Å². The highest BCUT2D eigenvalue weighted by Crippen LogP contribution is 2.27. The summed E-state index contributed by atoms with van der Waals surface area (Å²) >= 11 is 6.18. The normalized spacial score (nSPS) is 12.7. The maximum absolute atomic E-state index is 12.2. The van der Waals surface area contributed by atoms with Crippen molar-refractivity contribution < 1.29 is 17.9 Å². The average molecular weight is 343 g/mol. The number of hydrogen-bond acceptors (Lipinski definition) is 5. The van der Waals surface area contributed by atoms with Crippen LogP contribution in [-0.4, -0.2) is 38.6 Å². The van der Waals surface area contributed by atoms with E-state index in [-0.39, 0.29) is 15.8 Å². The average Bonchev–Trinajstić information content (AvgIpc) is 3.03. The summed E-state index contributed by atoms with van der Waals surface area (Å²) in [6.45, 7) is 0. The number of benzene rings is 1. The molecule has 22 heavy (non-hydrogen) atoms. The van der Waals surface area contributed by atoms with Crippen LogP contribution in [0.1, 0.15) is 5.56 Å². The first-order chi connectivity index (χ1) is 10.5. The van der Waals surface area contributed by atoms with Crippen LogP contribution in [0.3, 0.4) is 0 Å². The summed E-state index contributed by atoms with van der Waals surface area (Å²) in [5.74, 6) is 0.492. The van der Waals surface area contributed by atoms with Crippen molar-refractivity contribution in [3.05, 3.63) is 47.1 Å². The molecular formula is C14H15ClN2O4S. The third-order valence-electron chi connectivity index (χ3n) is 2.89. The Bertz CT molecular complexity index is 770. The molecule has 0 aliphatic carbocycles. The van der Waals surface area contributed by atoms with Crippen molar-refractivity contribution >= 4 is 27.2 Å². The van der Waals surface area contributed by atoms with E-state index in [1.807, 2.05) is 0 Å². The minimum Gasteiger partial charge on any atom is -0.497 e. The molecule has 0 atom stereocenters. The van der Waals surface area contributed by atoms with Crippen molar-refractivity contribution in [2.75, 3.05) is 20.0 Å². The summed E-state index contributed by atoms with van der Waals surface area (Å²) in [6, 6.07) is 8.37. The maximum Gasteiger partial charge on any atom is 0.202 e. The van der Waals surface area contributed by atoms with Crippen LogP contribution in [-0.2, 0) is 14.6 Å². The van der Waals surface area contributed by atoms with E-state index < -0.39 is 15.6 Å². The minimum atomic E-state index is -3.64. The fourth-order valence-corrected chi connectivity index (χ4v) is 3.57. The zero-order valence-corrected chi connectivity index (χ0v) is 13.6. The predicted molar refractivity (Wildman–Crippen MR) is 83.4 cm³/mol. The van der Waals surface area contributed by atoms with Crippen LogP contribution < -0.4 is 4.74 Å². The number of hydrogen-bond donors (Lipinski definition) is 1. The zero-order chi connectivity index (χ0) is 16.2. The van der Waals surface area contributed by atoms with Gasteiger partial charge in [0.05, 0.1) is 25.0 Å². The lowest BCUT2D eigenvalue weighted by Crippen LogP contribution is -2.09. The Morgan fingerprint density at radius 3 is 2.68 bits per heavy atom. The second kappa shape index (κ2) is 6.85. The molecule has 0 aliphatic heterocycles. The molecule has 0 spiro atoms. The smallest absolute Gasteiger partial charge is 0.202 e. The Kier molecular flexibility index (Phi) is 5.10. The fourth-order valence-electron chi connectivity index (χ4n) is 1.88.